The number of rotatable bonds is 7. The minimum atomic E-state index is -0.188. The molecule has 1 amide bonds. The van der Waals surface area contributed by atoms with E-state index in [1.54, 1.807) is 18.2 Å². The van der Waals surface area contributed by atoms with Gasteiger partial charge in [0.05, 0.1) is 5.02 Å². The summed E-state index contributed by atoms with van der Waals surface area (Å²) >= 11 is 11.8. The van der Waals surface area contributed by atoms with Crippen molar-refractivity contribution in [1.29, 1.82) is 0 Å². The number of carbonyl (C=O) groups excluding carboxylic acids is 1. The molecule has 1 aliphatic rings. The van der Waals surface area contributed by atoms with E-state index in [0.29, 0.717) is 28.3 Å². The van der Waals surface area contributed by atoms with E-state index in [0.717, 1.165) is 32.5 Å². The number of nitrogens with one attached hydrogen (secondary N) is 1. The topological polar surface area (TPSA) is 61.8 Å². The Labute approximate surface area is 146 Å². The fourth-order valence-corrected chi connectivity index (χ4v) is 3.11. The first kappa shape index (κ1) is 18.3. The van der Waals surface area contributed by atoms with Crippen molar-refractivity contribution in [2.24, 2.45) is 5.92 Å². The number of carbonyl (C=O) groups is 1. The first-order valence-electron chi connectivity index (χ1n) is 7.76. The van der Waals surface area contributed by atoms with Crippen molar-refractivity contribution in [3.05, 3.63) is 28.2 Å². The zero-order valence-corrected chi connectivity index (χ0v) is 14.4. The number of nitrogens with zero attached hydrogens (tertiary/aromatic N) is 1. The van der Waals surface area contributed by atoms with E-state index < -0.39 is 0 Å². The van der Waals surface area contributed by atoms with Crippen molar-refractivity contribution in [1.82, 2.24) is 10.2 Å². The van der Waals surface area contributed by atoms with E-state index in [1.165, 1.54) is 0 Å². The van der Waals surface area contributed by atoms with Crippen LogP contribution in [0.3, 0.4) is 0 Å². The van der Waals surface area contributed by atoms with Gasteiger partial charge >= 0.3 is 0 Å². The molecular formula is C16H22Cl2N2O3. The highest BCUT2D eigenvalue weighted by Crippen LogP contribution is 2.27. The van der Waals surface area contributed by atoms with Crippen LogP contribution in [-0.4, -0.2) is 55.3 Å². The average Bonchev–Trinajstić information content (AvgIpc) is 2.54. The second-order valence-corrected chi connectivity index (χ2v) is 6.55. The lowest BCUT2D eigenvalue weighted by atomic mass is 9.99. The largest absolute Gasteiger partial charge is 0.482 e. The van der Waals surface area contributed by atoms with Crippen LogP contribution in [0.2, 0.25) is 10.0 Å². The van der Waals surface area contributed by atoms with Gasteiger partial charge in [0.2, 0.25) is 0 Å². The molecule has 2 N–H and O–H groups in total. The zero-order chi connectivity index (χ0) is 16.7. The molecule has 0 saturated carbocycles. The van der Waals surface area contributed by atoms with Gasteiger partial charge in [0.15, 0.2) is 6.61 Å². The molecule has 128 valence electrons. The molecule has 1 atom stereocenters. The van der Waals surface area contributed by atoms with Gasteiger partial charge in [0.1, 0.15) is 5.75 Å². The molecule has 5 nitrogen and oxygen atoms in total. The molecule has 0 radical (unpaired) electrons. The average molecular weight is 361 g/mol. The molecule has 0 bridgehead atoms. The maximum absolute atomic E-state index is 11.8. The molecular weight excluding hydrogens is 339 g/mol. The van der Waals surface area contributed by atoms with Gasteiger partial charge in [-0.15, -0.1) is 0 Å². The molecule has 1 aliphatic heterocycles. The Morgan fingerprint density at radius 3 is 3.00 bits per heavy atom. The minimum Gasteiger partial charge on any atom is -0.482 e. The summed E-state index contributed by atoms with van der Waals surface area (Å²) in [7, 11) is 0. The number of ether oxygens (including phenoxy) is 1. The highest BCUT2D eigenvalue weighted by Gasteiger charge is 2.18. The van der Waals surface area contributed by atoms with E-state index >= 15 is 0 Å². The highest BCUT2D eigenvalue weighted by atomic mass is 35.5. The predicted molar refractivity (Wildman–Crippen MR) is 91.2 cm³/mol. The molecule has 1 fully saturated rings. The van der Waals surface area contributed by atoms with Gasteiger partial charge in [-0.2, -0.15) is 0 Å². The Morgan fingerprint density at radius 1 is 1.43 bits per heavy atom. The highest BCUT2D eigenvalue weighted by molar-refractivity contribution is 6.35. The molecule has 1 aromatic carbocycles. The fraction of sp³-hybridized carbons (Fsp3) is 0.562. The summed E-state index contributed by atoms with van der Waals surface area (Å²) in [6.45, 7) is 3.41. The number of amides is 1. The maximum Gasteiger partial charge on any atom is 0.257 e. The number of piperidine rings is 1. The van der Waals surface area contributed by atoms with Gasteiger partial charge in [-0.25, -0.2) is 0 Å². The number of benzene rings is 1. The normalized spacial score (nSPS) is 18.7. The summed E-state index contributed by atoms with van der Waals surface area (Å²) in [6.07, 6.45) is 2.17. The summed E-state index contributed by atoms with van der Waals surface area (Å²) < 4.78 is 5.38. The monoisotopic (exact) mass is 360 g/mol. The van der Waals surface area contributed by atoms with Gasteiger partial charge in [-0.05, 0) is 43.5 Å². The summed E-state index contributed by atoms with van der Waals surface area (Å²) in [5, 5.41) is 12.9. The van der Waals surface area contributed by atoms with E-state index in [-0.39, 0.29) is 19.1 Å². The second-order valence-electron chi connectivity index (χ2n) is 5.70. The van der Waals surface area contributed by atoms with Gasteiger partial charge in [0.25, 0.3) is 5.91 Å². The van der Waals surface area contributed by atoms with E-state index in [2.05, 4.69) is 10.2 Å². The van der Waals surface area contributed by atoms with Crippen LogP contribution in [0.25, 0.3) is 0 Å². The van der Waals surface area contributed by atoms with E-state index in [4.69, 9.17) is 27.9 Å². The van der Waals surface area contributed by atoms with Crippen LogP contribution in [0.1, 0.15) is 12.8 Å². The third-order valence-corrected chi connectivity index (χ3v) is 4.39. The van der Waals surface area contributed by atoms with Crippen LogP contribution in [-0.2, 0) is 4.79 Å². The third kappa shape index (κ3) is 6.18. The minimum absolute atomic E-state index is 0.0827. The third-order valence-electron chi connectivity index (χ3n) is 3.86. The van der Waals surface area contributed by atoms with E-state index in [1.807, 2.05) is 0 Å². The van der Waals surface area contributed by atoms with Crippen molar-refractivity contribution < 1.29 is 14.6 Å². The SMILES string of the molecule is O=C(COc1ccc(Cl)cc1Cl)NCCN1CCC[C@@H](CO)C1. The number of hydrogen-bond donors (Lipinski definition) is 2. The van der Waals surface area contributed by atoms with Crippen LogP contribution >= 0.6 is 23.2 Å². The van der Waals surface area contributed by atoms with Crippen molar-refractivity contribution in [3.63, 3.8) is 0 Å². The van der Waals surface area contributed by atoms with Gasteiger partial charge in [0, 0.05) is 31.3 Å². The smallest absolute Gasteiger partial charge is 0.257 e. The molecule has 1 aromatic rings. The molecule has 2 rings (SSSR count). The Hall–Kier alpha value is -1.01. The number of halogens is 2. The predicted octanol–water partition coefficient (Wildman–Crippen LogP) is 2.19. The Bertz CT molecular complexity index is 528. The van der Waals surface area contributed by atoms with Crippen molar-refractivity contribution >= 4 is 29.1 Å². The lowest BCUT2D eigenvalue weighted by Gasteiger charge is -2.31. The van der Waals surface area contributed by atoms with Crippen LogP contribution in [0.4, 0.5) is 0 Å². The molecule has 0 aliphatic carbocycles. The summed E-state index contributed by atoms with van der Waals surface area (Å²) in [5.74, 6) is 0.606. The first-order valence-corrected chi connectivity index (χ1v) is 8.52. The lowest BCUT2D eigenvalue weighted by Crippen LogP contribution is -2.42. The molecule has 1 heterocycles. The van der Waals surface area contributed by atoms with E-state index in [9.17, 15) is 9.90 Å². The zero-order valence-electron chi connectivity index (χ0n) is 12.9. The molecule has 0 aromatic heterocycles. The standard InChI is InChI=1S/C16H22Cl2N2O3/c17-13-3-4-15(14(18)8-13)23-11-16(22)19-5-7-20-6-1-2-12(9-20)10-21/h3-4,8,12,21H,1-2,5-7,9-11H2,(H,19,22)/t12-/m1/s1. The van der Waals surface area contributed by atoms with Crippen molar-refractivity contribution in [3.8, 4) is 5.75 Å². The summed E-state index contributed by atoms with van der Waals surface area (Å²) in [4.78, 5) is 14.1. The van der Waals surface area contributed by atoms with Crippen molar-refractivity contribution in [2.75, 3.05) is 39.4 Å². The molecule has 1 saturated heterocycles. The molecule has 0 unspecified atom stereocenters. The van der Waals surface area contributed by atoms with Crippen molar-refractivity contribution in [2.45, 2.75) is 12.8 Å². The Morgan fingerprint density at radius 2 is 2.26 bits per heavy atom. The number of aliphatic hydroxyl groups excluding tert-OH is 1. The van der Waals surface area contributed by atoms with Gasteiger partial charge in [-0.1, -0.05) is 23.2 Å². The number of hydrogen-bond acceptors (Lipinski definition) is 4. The fourth-order valence-electron chi connectivity index (χ4n) is 2.64. The number of aliphatic hydroxyl groups is 1. The summed E-state index contributed by atoms with van der Waals surface area (Å²) in [5.41, 5.74) is 0. The lowest BCUT2D eigenvalue weighted by molar-refractivity contribution is -0.123. The molecule has 23 heavy (non-hydrogen) atoms. The van der Waals surface area contributed by atoms with Gasteiger partial charge < -0.3 is 20.1 Å². The second kappa shape index (κ2) is 9.33. The quantitative estimate of drug-likeness (QED) is 0.782. The first-order chi connectivity index (χ1) is 11.1. The van der Waals surface area contributed by atoms with Gasteiger partial charge in [-0.3, -0.25) is 4.79 Å². The maximum atomic E-state index is 11.8. The van der Waals surface area contributed by atoms with Crippen LogP contribution in [0, 0.1) is 5.92 Å². The molecule has 0 spiro atoms. The summed E-state index contributed by atoms with van der Waals surface area (Å²) in [6, 6.07) is 4.87. The Balaban J connectivity index is 1.65. The number of likely N-dealkylation sites (tertiary alicyclic amines) is 1. The van der Waals surface area contributed by atoms with Crippen LogP contribution in [0.5, 0.6) is 5.75 Å². The molecule has 7 heteroatoms. The Kier molecular flexibility index (Phi) is 7.43. The van der Waals surface area contributed by atoms with Crippen LogP contribution < -0.4 is 10.1 Å². The van der Waals surface area contributed by atoms with Crippen LogP contribution in [0.15, 0.2) is 18.2 Å².